The van der Waals surface area contributed by atoms with E-state index in [9.17, 15) is 14.4 Å². The summed E-state index contributed by atoms with van der Waals surface area (Å²) in [6, 6.07) is 6.73. The summed E-state index contributed by atoms with van der Waals surface area (Å²) in [6.07, 6.45) is 1.09. The minimum absolute atomic E-state index is 0.292. The van der Waals surface area contributed by atoms with Crippen LogP contribution in [0.5, 0.6) is 0 Å². The molecule has 2 fully saturated rings. The summed E-state index contributed by atoms with van der Waals surface area (Å²) < 4.78 is 10.5. The molecule has 0 aromatic heterocycles. The molecule has 134 valence electrons. The molecule has 0 spiro atoms. The number of ether oxygens (including phenoxy) is 2. The number of nitrogens with zero attached hydrogens (tertiary/aromatic N) is 1. The van der Waals surface area contributed by atoms with Gasteiger partial charge in [-0.05, 0) is 31.9 Å². The Kier molecular flexibility index (Phi) is 3.71. The molecule has 1 aliphatic carbocycles. The van der Waals surface area contributed by atoms with Gasteiger partial charge in [0.1, 0.15) is 0 Å². The van der Waals surface area contributed by atoms with Gasteiger partial charge >= 0.3 is 11.9 Å². The Morgan fingerprint density at radius 1 is 1.16 bits per heavy atom. The van der Waals surface area contributed by atoms with Crippen LogP contribution in [0.1, 0.15) is 44.0 Å². The number of para-hydroxylation sites is 1. The lowest BCUT2D eigenvalue weighted by Crippen LogP contribution is -2.54. The summed E-state index contributed by atoms with van der Waals surface area (Å²) in [7, 11) is 2.89. The number of esters is 2. The van der Waals surface area contributed by atoms with E-state index in [1.54, 1.807) is 31.3 Å². The number of fused-ring (bicyclic) bond motifs is 2. The Bertz CT molecular complexity index is 771. The van der Waals surface area contributed by atoms with E-state index in [4.69, 9.17) is 9.47 Å². The van der Waals surface area contributed by atoms with Crippen molar-refractivity contribution in [2.24, 2.45) is 10.8 Å². The van der Waals surface area contributed by atoms with Crippen LogP contribution in [0, 0.1) is 10.8 Å². The predicted molar refractivity (Wildman–Crippen MR) is 91.1 cm³/mol. The Morgan fingerprint density at radius 3 is 2.32 bits per heavy atom. The number of anilines is 1. The van der Waals surface area contributed by atoms with Gasteiger partial charge in [0.25, 0.3) is 5.91 Å². The molecule has 1 aromatic rings. The number of carbonyl (C=O) groups excluding carboxylic acids is 3. The number of benzene rings is 1. The highest BCUT2D eigenvalue weighted by atomic mass is 16.6. The third-order valence-electron chi connectivity index (χ3n) is 6.40. The van der Waals surface area contributed by atoms with Crippen molar-refractivity contribution in [3.63, 3.8) is 0 Å². The summed E-state index contributed by atoms with van der Waals surface area (Å²) in [5.74, 6) is -1.16. The quantitative estimate of drug-likeness (QED) is 0.787. The van der Waals surface area contributed by atoms with Crippen LogP contribution in [-0.2, 0) is 19.1 Å². The Balaban J connectivity index is 2.03. The first kappa shape index (κ1) is 17.5. The lowest BCUT2D eigenvalue weighted by Gasteiger charge is -2.38. The molecule has 6 heteroatoms. The summed E-state index contributed by atoms with van der Waals surface area (Å²) in [5.41, 5.74) is -1.80. The molecule has 1 saturated carbocycles. The van der Waals surface area contributed by atoms with E-state index in [0.717, 1.165) is 0 Å². The maximum atomic E-state index is 13.4. The molecule has 2 atom stereocenters. The molecule has 0 N–H and O–H groups in total. The Labute approximate surface area is 147 Å². The highest BCUT2D eigenvalue weighted by molar-refractivity contribution is 6.08. The molecule has 1 aliphatic heterocycles. The van der Waals surface area contributed by atoms with Gasteiger partial charge in [-0.2, -0.15) is 0 Å². The first-order valence-electron chi connectivity index (χ1n) is 8.31. The fourth-order valence-electron chi connectivity index (χ4n) is 4.15. The number of amides is 1. The summed E-state index contributed by atoms with van der Waals surface area (Å²) >= 11 is 0. The van der Waals surface area contributed by atoms with Gasteiger partial charge in [0.2, 0.25) is 0 Å². The number of carbonyl (C=O) groups is 3. The Morgan fingerprint density at radius 2 is 1.80 bits per heavy atom. The van der Waals surface area contributed by atoms with Gasteiger partial charge in [-0.3, -0.25) is 9.59 Å². The van der Waals surface area contributed by atoms with Gasteiger partial charge in [0.05, 0.1) is 23.8 Å². The molecule has 1 amide bonds. The van der Waals surface area contributed by atoms with Crippen LogP contribution in [0.2, 0.25) is 0 Å². The van der Waals surface area contributed by atoms with Gasteiger partial charge in [-0.15, -0.1) is 0 Å². The highest BCUT2D eigenvalue weighted by Gasteiger charge is 2.76. The molecule has 1 saturated heterocycles. The van der Waals surface area contributed by atoms with Gasteiger partial charge in [0.15, 0.2) is 5.60 Å². The van der Waals surface area contributed by atoms with Crippen LogP contribution in [0.4, 0.5) is 5.69 Å². The molecular formula is C19H23NO5. The van der Waals surface area contributed by atoms with E-state index in [-0.39, 0.29) is 11.9 Å². The maximum Gasteiger partial charge on any atom is 0.339 e. The second-order valence-electron chi connectivity index (χ2n) is 7.55. The molecular weight excluding hydrogens is 322 g/mol. The van der Waals surface area contributed by atoms with Crippen molar-refractivity contribution in [1.29, 1.82) is 0 Å². The van der Waals surface area contributed by atoms with Crippen LogP contribution >= 0.6 is 0 Å². The SMILES string of the molecule is COC(=O)c1ccccc1N(C)C(=O)[C@@]12CC[C@](C)(C(=O)O1)C2(C)C. The van der Waals surface area contributed by atoms with E-state index in [0.29, 0.717) is 24.1 Å². The average Bonchev–Trinajstić information content (AvgIpc) is 2.90. The number of hydrogen-bond donors (Lipinski definition) is 0. The van der Waals surface area contributed by atoms with Crippen molar-refractivity contribution in [3.8, 4) is 0 Å². The van der Waals surface area contributed by atoms with Crippen LogP contribution in [-0.4, -0.2) is 37.6 Å². The van der Waals surface area contributed by atoms with E-state index in [1.165, 1.54) is 12.0 Å². The minimum Gasteiger partial charge on any atom is -0.465 e. The Hall–Kier alpha value is -2.37. The fraction of sp³-hybridized carbons (Fsp3) is 0.526. The molecule has 6 nitrogen and oxygen atoms in total. The average molecular weight is 345 g/mol. The second-order valence-corrected chi connectivity index (χ2v) is 7.55. The first-order valence-corrected chi connectivity index (χ1v) is 8.31. The molecule has 2 aliphatic rings. The van der Waals surface area contributed by atoms with Gasteiger partial charge in [-0.25, -0.2) is 4.79 Å². The summed E-state index contributed by atoms with van der Waals surface area (Å²) in [5, 5.41) is 0. The van der Waals surface area contributed by atoms with Crippen LogP contribution < -0.4 is 4.90 Å². The third-order valence-corrected chi connectivity index (χ3v) is 6.40. The van der Waals surface area contributed by atoms with Crippen molar-refractivity contribution in [1.82, 2.24) is 0 Å². The number of rotatable bonds is 3. The molecule has 1 heterocycles. The van der Waals surface area contributed by atoms with Gasteiger partial charge in [-0.1, -0.05) is 26.0 Å². The van der Waals surface area contributed by atoms with Gasteiger partial charge < -0.3 is 14.4 Å². The van der Waals surface area contributed by atoms with E-state index in [2.05, 4.69) is 0 Å². The smallest absolute Gasteiger partial charge is 0.339 e. The van der Waals surface area contributed by atoms with Crippen LogP contribution in [0.3, 0.4) is 0 Å². The van der Waals surface area contributed by atoms with E-state index < -0.39 is 22.4 Å². The molecule has 25 heavy (non-hydrogen) atoms. The fourth-order valence-corrected chi connectivity index (χ4v) is 4.15. The van der Waals surface area contributed by atoms with E-state index >= 15 is 0 Å². The van der Waals surface area contributed by atoms with E-state index in [1.807, 2.05) is 20.8 Å². The number of methoxy groups -OCH3 is 1. The normalized spacial score (nSPS) is 29.2. The summed E-state index contributed by atoms with van der Waals surface area (Å²) in [6.45, 7) is 5.67. The maximum absolute atomic E-state index is 13.4. The lowest BCUT2D eigenvalue weighted by molar-refractivity contribution is -0.166. The van der Waals surface area contributed by atoms with Crippen molar-refractivity contribution < 1.29 is 23.9 Å². The topological polar surface area (TPSA) is 72.9 Å². The lowest BCUT2D eigenvalue weighted by atomic mass is 9.66. The third kappa shape index (κ3) is 2.00. The largest absolute Gasteiger partial charge is 0.465 e. The van der Waals surface area contributed by atoms with Crippen molar-refractivity contribution >= 4 is 23.5 Å². The van der Waals surface area contributed by atoms with Crippen LogP contribution in [0.25, 0.3) is 0 Å². The first-order chi connectivity index (χ1) is 11.6. The monoisotopic (exact) mass is 345 g/mol. The molecule has 1 aromatic carbocycles. The zero-order valence-electron chi connectivity index (χ0n) is 15.2. The minimum atomic E-state index is -1.21. The van der Waals surface area contributed by atoms with Crippen LogP contribution in [0.15, 0.2) is 24.3 Å². The molecule has 0 radical (unpaired) electrons. The van der Waals surface area contributed by atoms with Gasteiger partial charge in [0, 0.05) is 12.5 Å². The molecule has 2 bridgehead atoms. The zero-order chi connectivity index (χ0) is 18.6. The number of hydrogen-bond acceptors (Lipinski definition) is 5. The van der Waals surface area contributed by atoms with Crippen molar-refractivity contribution in [2.75, 3.05) is 19.1 Å². The predicted octanol–water partition coefficient (Wildman–Crippen LogP) is 2.56. The van der Waals surface area contributed by atoms with Crippen molar-refractivity contribution in [2.45, 2.75) is 39.2 Å². The zero-order valence-corrected chi connectivity index (χ0v) is 15.2. The standard InChI is InChI=1S/C19H23NO5/c1-17(2)18(3)10-11-19(17,25-16(18)23)15(22)20(4)13-9-7-6-8-12(13)14(21)24-5/h6-9H,10-11H2,1-5H3/t18-,19-/m1/s1. The van der Waals surface area contributed by atoms with Crippen molar-refractivity contribution in [3.05, 3.63) is 29.8 Å². The molecule has 3 rings (SSSR count). The number of likely N-dealkylation sites (N-methyl/N-ethyl adjacent to an activating group) is 1. The second kappa shape index (κ2) is 5.31. The molecule has 0 unspecified atom stereocenters. The summed E-state index contributed by atoms with van der Waals surface area (Å²) in [4.78, 5) is 39.2. The highest BCUT2D eigenvalue weighted by Crippen LogP contribution is 2.66.